The van der Waals surface area contributed by atoms with Gasteiger partial charge in [-0.1, -0.05) is 6.58 Å². The SMILES string of the molecule is [CH2]CC(O)(CCO)C(=O)C=C. The van der Waals surface area contributed by atoms with Gasteiger partial charge in [0.25, 0.3) is 0 Å². The van der Waals surface area contributed by atoms with Gasteiger partial charge in [0.05, 0.1) is 0 Å². The van der Waals surface area contributed by atoms with Gasteiger partial charge in [-0.25, -0.2) is 0 Å². The van der Waals surface area contributed by atoms with Crippen molar-refractivity contribution in [3.8, 4) is 0 Å². The molecule has 1 radical (unpaired) electrons. The highest BCUT2D eigenvalue weighted by atomic mass is 16.3. The fourth-order valence-electron chi connectivity index (χ4n) is 0.746. The van der Waals surface area contributed by atoms with E-state index in [1.807, 2.05) is 0 Å². The van der Waals surface area contributed by atoms with Gasteiger partial charge >= 0.3 is 0 Å². The number of aliphatic hydroxyl groups excluding tert-OH is 1. The van der Waals surface area contributed by atoms with E-state index < -0.39 is 11.4 Å². The molecule has 1 unspecified atom stereocenters. The molecule has 0 aromatic carbocycles. The van der Waals surface area contributed by atoms with E-state index in [2.05, 4.69) is 13.5 Å². The van der Waals surface area contributed by atoms with Crippen LogP contribution in [0.5, 0.6) is 0 Å². The summed E-state index contributed by atoms with van der Waals surface area (Å²) in [6.45, 7) is 6.42. The molecule has 0 fully saturated rings. The molecule has 2 N–H and O–H groups in total. The molecule has 3 heteroatoms. The molecule has 0 aromatic rings. The van der Waals surface area contributed by atoms with Gasteiger partial charge in [-0.15, -0.1) is 0 Å². The molecule has 3 nitrogen and oxygen atoms in total. The molecule has 0 amide bonds. The molecule has 0 aliphatic heterocycles. The minimum Gasteiger partial charge on any atom is -0.396 e. The molecule has 0 aromatic heterocycles. The lowest BCUT2D eigenvalue weighted by molar-refractivity contribution is -0.133. The van der Waals surface area contributed by atoms with E-state index in [1.54, 1.807) is 0 Å². The summed E-state index contributed by atoms with van der Waals surface area (Å²) in [5, 5.41) is 17.9. The molecule has 0 heterocycles. The van der Waals surface area contributed by atoms with Crippen molar-refractivity contribution >= 4 is 5.78 Å². The number of ketones is 1. The van der Waals surface area contributed by atoms with Gasteiger partial charge in [0.2, 0.25) is 0 Å². The lowest BCUT2D eigenvalue weighted by atomic mass is 9.92. The number of hydrogen-bond acceptors (Lipinski definition) is 3. The van der Waals surface area contributed by atoms with Crippen LogP contribution >= 0.6 is 0 Å². The first-order valence-electron chi connectivity index (χ1n) is 3.40. The first-order valence-corrected chi connectivity index (χ1v) is 3.40. The maximum atomic E-state index is 10.9. The van der Waals surface area contributed by atoms with Gasteiger partial charge in [0, 0.05) is 13.0 Å². The Morgan fingerprint density at radius 1 is 1.64 bits per heavy atom. The van der Waals surface area contributed by atoms with Crippen molar-refractivity contribution in [2.45, 2.75) is 18.4 Å². The van der Waals surface area contributed by atoms with Gasteiger partial charge in [0.1, 0.15) is 5.60 Å². The van der Waals surface area contributed by atoms with Crippen LogP contribution in [-0.4, -0.2) is 28.2 Å². The predicted molar refractivity (Wildman–Crippen MR) is 41.8 cm³/mol. The molecule has 0 saturated carbocycles. The fraction of sp³-hybridized carbons (Fsp3) is 0.500. The number of hydrogen-bond donors (Lipinski definition) is 2. The number of rotatable bonds is 5. The molecule has 11 heavy (non-hydrogen) atoms. The van der Waals surface area contributed by atoms with Crippen molar-refractivity contribution in [1.29, 1.82) is 0 Å². The maximum Gasteiger partial charge on any atom is 0.186 e. The first-order chi connectivity index (χ1) is 5.10. The van der Waals surface area contributed by atoms with E-state index in [-0.39, 0.29) is 19.4 Å². The smallest absolute Gasteiger partial charge is 0.186 e. The van der Waals surface area contributed by atoms with Crippen LogP contribution in [0.25, 0.3) is 0 Å². The van der Waals surface area contributed by atoms with Crippen molar-refractivity contribution in [1.82, 2.24) is 0 Å². The maximum absolute atomic E-state index is 10.9. The van der Waals surface area contributed by atoms with Crippen LogP contribution in [0.2, 0.25) is 0 Å². The lowest BCUT2D eigenvalue weighted by Crippen LogP contribution is -2.37. The van der Waals surface area contributed by atoms with E-state index in [9.17, 15) is 9.90 Å². The summed E-state index contributed by atoms with van der Waals surface area (Å²) < 4.78 is 0. The third kappa shape index (κ3) is 2.44. The minimum absolute atomic E-state index is 0.0152. The van der Waals surface area contributed by atoms with Crippen molar-refractivity contribution in [3.05, 3.63) is 19.6 Å². The van der Waals surface area contributed by atoms with E-state index in [4.69, 9.17) is 5.11 Å². The average molecular weight is 157 g/mol. The first kappa shape index (κ1) is 10.3. The summed E-state index contributed by atoms with van der Waals surface area (Å²) in [6, 6.07) is 0. The van der Waals surface area contributed by atoms with Crippen LogP contribution < -0.4 is 0 Å². The zero-order chi connectivity index (χ0) is 8.91. The van der Waals surface area contributed by atoms with Crippen LogP contribution in [0, 0.1) is 6.92 Å². The Bertz CT molecular complexity index is 153. The van der Waals surface area contributed by atoms with Crippen molar-refractivity contribution in [2.75, 3.05) is 6.61 Å². The second-order valence-corrected chi connectivity index (χ2v) is 2.32. The number of carbonyl (C=O) groups is 1. The highest BCUT2D eigenvalue weighted by Crippen LogP contribution is 2.15. The van der Waals surface area contributed by atoms with Gasteiger partial charge in [-0.2, -0.15) is 0 Å². The third-order valence-electron chi connectivity index (χ3n) is 1.58. The van der Waals surface area contributed by atoms with Crippen LogP contribution in [0.3, 0.4) is 0 Å². The summed E-state index contributed by atoms with van der Waals surface area (Å²) in [5.74, 6) is -0.485. The van der Waals surface area contributed by atoms with Crippen LogP contribution in [0.15, 0.2) is 12.7 Å². The highest BCUT2D eigenvalue weighted by Gasteiger charge is 2.30. The molecule has 63 valence electrons. The third-order valence-corrected chi connectivity index (χ3v) is 1.58. The van der Waals surface area contributed by atoms with Crippen molar-refractivity contribution in [2.24, 2.45) is 0 Å². The molecule has 0 bridgehead atoms. The van der Waals surface area contributed by atoms with Gasteiger partial charge in [-0.3, -0.25) is 4.79 Å². The molecule has 0 spiro atoms. The molecule has 0 aliphatic carbocycles. The molecular formula is C8H13O3. The average Bonchev–Trinajstić information content (AvgIpc) is 2.03. The Labute approximate surface area is 66.4 Å². The molecule has 0 saturated heterocycles. The summed E-state index contributed by atoms with van der Waals surface area (Å²) in [4.78, 5) is 10.9. The Morgan fingerprint density at radius 2 is 2.18 bits per heavy atom. The number of carbonyl (C=O) groups excluding carboxylic acids is 1. The Kier molecular flexibility index (Phi) is 4.00. The second kappa shape index (κ2) is 4.26. The zero-order valence-electron chi connectivity index (χ0n) is 6.42. The fourth-order valence-corrected chi connectivity index (χ4v) is 0.746. The summed E-state index contributed by atoms with van der Waals surface area (Å²) >= 11 is 0. The molecule has 0 aliphatic rings. The van der Waals surface area contributed by atoms with Crippen LogP contribution in [0.4, 0.5) is 0 Å². The monoisotopic (exact) mass is 157 g/mol. The quantitative estimate of drug-likeness (QED) is 0.555. The normalized spacial score (nSPS) is 15.5. The van der Waals surface area contributed by atoms with Gasteiger partial charge in [-0.05, 0) is 19.4 Å². The predicted octanol–water partition coefficient (Wildman–Crippen LogP) is 0.0792. The Hall–Kier alpha value is -0.670. The lowest BCUT2D eigenvalue weighted by Gasteiger charge is -2.21. The topological polar surface area (TPSA) is 57.5 Å². The largest absolute Gasteiger partial charge is 0.396 e. The summed E-state index contributed by atoms with van der Waals surface area (Å²) in [5.41, 5.74) is -1.52. The van der Waals surface area contributed by atoms with E-state index in [1.165, 1.54) is 0 Å². The second-order valence-electron chi connectivity index (χ2n) is 2.32. The molecule has 0 rings (SSSR count). The van der Waals surface area contributed by atoms with Gasteiger partial charge < -0.3 is 10.2 Å². The van der Waals surface area contributed by atoms with Crippen LogP contribution in [0.1, 0.15) is 12.8 Å². The van der Waals surface area contributed by atoms with Gasteiger partial charge in [0.15, 0.2) is 5.78 Å². The van der Waals surface area contributed by atoms with Crippen molar-refractivity contribution < 1.29 is 15.0 Å². The Balaban J connectivity index is 4.31. The summed E-state index contributed by atoms with van der Waals surface area (Å²) in [6.07, 6.45) is 1.11. The Morgan fingerprint density at radius 3 is 2.45 bits per heavy atom. The van der Waals surface area contributed by atoms with E-state index >= 15 is 0 Å². The highest BCUT2D eigenvalue weighted by molar-refractivity contribution is 5.96. The minimum atomic E-state index is -1.52. The summed E-state index contributed by atoms with van der Waals surface area (Å²) in [7, 11) is 0. The van der Waals surface area contributed by atoms with Crippen molar-refractivity contribution in [3.63, 3.8) is 0 Å². The molecule has 1 atom stereocenters. The van der Waals surface area contributed by atoms with E-state index in [0.717, 1.165) is 6.08 Å². The zero-order valence-corrected chi connectivity index (χ0v) is 6.42. The van der Waals surface area contributed by atoms with E-state index in [0.29, 0.717) is 0 Å². The standard InChI is InChI=1S/C8H13O3/c1-3-7(10)8(11,4-2)5-6-9/h3,9,11H,1-2,4-6H2. The van der Waals surface area contributed by atoms with Crippen LogP contribution in [-0.2, 0) is 4.79 Å². The molecular weight excluding hydrogens is 144 g/mol. The number of aliphatic hydroxyl groups is 2.